The number of hydrogen-bond donors (Lipinski definition) is 1. The molecule has 6 nitrogen and oxygen atoms in total. The molecule has 0 saturated heterocycles. The molecule has 0 aliphatic rings. The number of nitrogens with zero attached hydrogens (tertiary/aromatic N) is 3. The van der Waals surface area contributed by atoms with Crippen LogP contribution in [0.5, 0.6) is 5.75 Å². The van der Waals surface area contributed by atoms with Crippen LogP contribution in [0.3, 0.4) is 0 Å². The van der Waals surface area contributed by atoms with E-state index < -0.39 is 5.91 Å². The molecule has 134 valence electrons. The molecule has 1 N–H and O–H groups in total. The van der Waals surface area contributed by atoms with Crippen LogP contribution in [0.4, 0.5) is 5.13 Å². The van der Waals surface area contributed by atoms with E-state index in [9.17, 15) is 4.79 Å². The fourth-order valence-corrected chi connectivity index (χ4v) is 3.70. The van der Waals surface area contributed by atoms with Gasteiger partial charge in [-0.15, -0.1) is 6.58 Å². The van der Waals surface area contributed by atoms with Gasteiger partial charge < -0.3 is 4.74 Å². The number of benzene rings is 1. The summed E-state index contributed by atoms with van der Waals surface area (Å²) in [7, 11) is 0. The smallest absolute Gasteiger partial charge is 0.277 e. The van der Waals surface area contributed by atoms with Crippen LogP contribution < -0.4 is 10.1 Å². The zero-order chi connectivity index (χ0) is 18.5. The second-order valence-electron chi connectivity index (χ2n) is 4.98. The number of fused-ring (bicyclic) bond motifs is 1. The molecule has 0 spiro atoms. The predicted molar refractivity (Wildman–Crippen MR) is 107 cm³/mol. The Kier molecular flexibility index (Phi) is 6.08. The number of carbonyl (C=O) groups excluding carboxylic acids is 1. The van der Waals surface area contributed by atoms with E-state index in [2.05, 4.69) is 26.8 Å². The van der Waals surface area contributed by atoms with E-state index in [0.717, 1.165) is 16.0 Å². The summed E-state index contributed by atoms with van der Waals surface area (Å²) >= 11 is 8.80. The summed E-state index contributed by atoms with van der Waals surface area (Å²) in [6.07, 6.45) is 3.15. The van der Waals surface area contributed by atoms with E-state index in [1.54, 1.807) is 6.08 Å². The first kappa shape index (κ1) is 18.6. The lowest BCUT2D eigenvalue weighted by atomic mass is 10.3. The molecule has 0 bridgehead atoms. The van der Waals surface area contributed by atoms with Gasteiger partial charge in [0.25, 0.3) is 5.91 Å². The maximum Gasteiger partial charge on any atom is 0.277 e. The predicted octanol–water partition coefficient (Wildman–Crippen LogP) is 4.67. The number of thioether (sulfide) groups is 1. The van der Waals surface area contributed by atoms with E-state index in [1.165, 1.54) is 29.3 Å². The van der Waals surface area contributed by atoms with E-state index in [0.29, 0.717) is 22.6 Å². The van der Waals surface area contributed by atoms with Crippen molar-refractivity contribution in [2.24, 2.45) is 0 Å². The monoisotopic (exact) mass is 406 g/mol. The molecule has 9 heteroatoms. The summed E-state index contributed by atoms with van der Waals surface area (Å²) in [6.45, 7) is 6.16. The molecule has 0 aliphatic carbocycles. The number of halogens is 1. The molecule has 3 aromatic rings. The normalized spacial score (nSPS) is 10.7. The summed E-state index contributed by atoms with van der Waals surface area (Å²) in [6, 6.07) is 5.60. The average Bonchev–Trinajstić information content (AvgIpc) is 3.02. The summed E-state index contributed by atoms with van der Waals surface area (Å²) in [5.74, 6) is 0.981. The minimum absolute atomic E-state index is 0.113. The van der Waals surface area contributed by atoms with E-state index in [-0.39, 0.29) is 10.7 Å². The molecule has 0 fully saturated rings. The van der Waals surface area contributed by atoms with Gasteiger partial charge in [-0.2, -0.15) is 0 Å². The number of thiazole rings is 1. The number of carbonyl (C=O) groups is 1. The van der Waals surface area contributed by atoms with Crippen LogP contribution in [0.2, 0.25) is 5.02 Å². The lowest BCUT2D eigenvalue weighted by molar-refractivity contribution is 0.102. The van der Waals surface area contributed by atoms with Gasteiger partial charge in [-0.05, 0) is 25.1 Å². The van der Waals surface area contributed by atoms with Crippen molar-refractivity contribution in [3.8, 4) is 5.75 Å². The van der Waals surface area contributed by atoms with Gasteiger partial charge in [0.1, 0.15) is 5.75 Å². The summed E-state index contributed by atoms with van der Waals surface area (Å²) in [5.41, 5.74) is 0.896. The molecule has 2 aromatic heterocycles. The highest BCUT2D eigenvalue weighted by Gasteiger charge is 2.16. The van der Waals surface area contributed by atoms with Crippen molar-refractivity contribution in [2.75, 3.05) is 17.7 Å². The van der Waals surface area contributed by atoms with E-state index in [4.69, 9.17) is 16.3 Å². The lowest BCUT2D eigenvalue weighted by Crippen LogP contribution is -2.15. The van der Waals surface area contributed by atoms with E-state index >= 15 is 0 Å². The Hall–Kier alpha value is -2.16. The third kappa shape index (κ3) is 4.32. The number of amides is 1. The number of anilines is 1. The number of nitrogens with one attached hydrogen (secondary N) is 1. The highest BCUT2D eigenvalue weighted by molar-refractivity contribution is 7.99. The van der Waals surface area contributed by atoms with Gasteiger partial charge in [-0.1, -0.05) is 40.8 Å². The number of ether oxygens (including phenoxy) is 1. The first-order chi connectivity index (χ1) is 12.6. The lowest BCUT2D eigenvalue weighted by Gasteiger charge is -2.04. The van der Waals surface area contributed by atoms with Crippen molar-refractivity contribution in [1.82, 2.24) is 15.0 Å². The third-order valence-electron chi connectivity index (χ3n) is 3.16. The SMILES string of the molecule is C=CCSc1ncc(Cl)c(C(=O)Nc2nc3ccc(OCC)cc3s2)n1. The fraction of sp³-hybridized carbons (Fsp3) is 0.176. The highest BCUT2D eigenvalue weighted by Crippen LogP contribution is 2.30. The molecule has 0 atom stereocenters. The van der Waals surface area contributed by atoms with E-state index in [1.807, 2.05) is 25.1 Å². The summed E-state index contributed by atoms with van der Waals surface area (Å²) in [4.78, 5) is 25.2. The summed E-state index contributed by atoms with van der Waals surface area (Å²) in [5, 5.41) is 3.86. The zero-order valence-electron chi connectivity index (χ0n) is 13.9. The van der Waals surface area contributed by atoms with Crippen molar-refractivity contribution in [2.45, 2.75) is 12.1 Å². The zero-order valence-corrected chi connectivity index (χ0v) is 16.2. The van der Waals surface area contributed by atoms with Crippen LogP contribution in [-0.2, 0) is 0 Å². The molecule has 0 aliphatic heterocycles. The third-order valence-corrected chi connectivity index (χ3v) is 5.23. The molecule has 26 heavy (non-hydrogen) atoms. The van der Waals surface area contributed by atoms with Gasteiger partial charge in [0.05, 0.1) is 28.0 Å². The van der Waals surface area contributed by atoms with Gasteiger partial charge >= 0.3 is 0 Å². The highest BCUT2D eigenvalue weighted by atomic mass is 35.5. The van der Waals surface area contributed by atoms with Gasteiger partial charge in [-0.25, -0.2) is 15.0 Å². The Balaban J connectivity index is 1.81. The number of hydrogen-bond acceptors (Lipinski definition) is 7. The van der Waals surface area contributed by atoms with Gasteiger partial charge in [0.15, 0.2) is 16.0 Å². The molecule has 0 unspecified atom stereocenters. The van der Waals surface area contributed by atoms with Crippen LogP contribution >= 0.6 is 34.7 Å². The second-order valence-corrected chi connectivity index (χ2v) is 7.41. The van der Waals surface area contributed by atoms with Crippen molar-refractivity contribution in [1.29, 1.82) is 0 Å². The first-order valence-corrected chi connectivity index (χ1v) is 9.89. The molecule has 3 rings (SSSR count). The molecular formula is C17H15ClN4O2S2. The quantitative estimate of drug-likeness (QED) is 0.349. The largest absolute Gasteiger partial charge is 0.494 e. The number of aromatic nitrogens is 3. The second kappa shape index (κ2) is 8.48. The van der Waals surface area contributed by atoms with Gasteiger partial charge in [-0.3, -0.25) is 10.1 Å². The first-order valence-electron chi connectivity index (χ1n) is 7.71. The van der Waals surface area contributed by atoms with Crippen molar-refractivity contribution >= 4 is 56.0 Å². The number of rotatable bonds is 7. The van der Waals surface area contributed by atoms with Crippen LogP contribution in [0.25, 0.3) is 10.2 Å². The Labute approximate surface area is 163 Å². The van der Waals surface area contributed by atoms with Gasteiger partial charge in [0.2, 0.25) is 0 Å². The minimum Gasteiger partial charge on any atom is -0.494 e. The molecule has 2 heterocycles. The Bertz CT molecular complexity index is 961. The molecule has 0 radical (unpaired) electrons. The van der Waals surface area contributed by atoms with Crippen LogP contribution in [0, 0.1) is 0 Å². The van der Waals surface area contributed by atoms with Crippen molar-refractivity contribution in [3.05, 3.63) is 47.8 Å². The van der Waals surface area contributed by atoms with Crippen LogP contribution in [-0.4, -0.2) is 33.2 Å². The Morgan fingerprint density at radius 1 is 1.46 bits per heavy atom. The standard InChI is InChI=1S/C17H15ClN4O2S2/c1-3-7-25-16-19-9-11(18)14(21-16)15(23)22-17-20-12-6-5-10(24-4-2)8-13(12)26-17/h3,5-6,8-9H,1,4,7H2,2H3,(H,20,22,23). The molecule has 1 aromatic carbocycles. The topological polar surface area (TPSA) is 77.0 Å². The molecule has 1 amide bonds. The maximum atomic E-state index is 12.5. The van der Waals surface area contributed by atoms with Crippen molar-refractivity contribution in [3.63, 3.8) is 0 Å². The summed E-state index contributed by atoms with van der Waals surface area (Å²) < 4.78 is 6.40. The molecule has 0 saturated carbocycles. The average molecular weight is 407 g/mol. The van der Waals surface area contributed by atoms with Crippen molar-refractivity contribution < 1.29 is 9.53 Å². The Morgan fingerprint density at radius 2 is 2.31 bits per heavy atom. The van der Waals surface area contributed by atoms with Gasteiger partial charge in [0, 0.05) is 5.75 Å². The van der Waals surface area contributed by atoms with Crippen LogP contribution in [0.1, 0.15) is 17.4 Å². The minimum atomic E-state index is -0.429. The maximum absolute atomic E-state index is 12.5. The Morgan fingerprint density at radius 3 is 3.08 bits per heavy atom. The van der Waals surface area contributed by atoms with Crippen LogP contribution in [0.15, 0.2) is 42.2 Å². The fourth-order valence-electron chi connectivity index (χ4n) is 2.08. The molecular weight excluding hydrogens is 392 g/mol.